The molecular formula is C17H21N3O4S2. The number of rotatable bonds is 4. The molecule has 1 saturated heterocycles. The molecule has 2 aliphatic heterocycles. The molecule has 0 saturated carbocycles. The van der Waals surface area contributed by atoms with Gasteiger partial charge in [0.25, 0.3) is 0 Å². The zero-order valence-corrected chi connectivity index (χ0v) is 16.5. The normalized spacial score (nSPS) is 23.5. The minimum absolute atomic E-state index is 0.0201. The molecule has 0 spiro atoms. The molecule has 0 aliphatic carbocycles. The molecule has 3 rings (SSSR count). The zero-order valence-electron chi connectivity index (χ0n) is 14.9. The summed E-state index contributed by atoms with van der Waals surface area (Å²) in [6, 6.07) is 6.46. The van der Waals surface area contributed by atoms with E-state index < -0.39 is 9.84 Å². The van der Waals surface area contributed by atoms with Gasteiger partial charge in [-0.05, 0) is 19.1 Å². The maximum Gasteiger partial charge on any atom is 0.232 e. The number of carbonyl (C=O) groups is 2. The van der Waals surface area contributed by atoms with Crippen LogP contribution in [0.3, 0.4) is 0 Å². The zero-order chi connectivity index (χ0) is 19.1. The van der Waals surface area contributed by atoms with E-state index in [1.807, 2.05) is 11.0 Å². The van der Waals surface area contributed by atoms with Crippen LogP contribution in [0.5, 0.6) is 0 Å². The minimum Gasteiger partial charge on any atom is -0.348 e. The van der Waals surface area contributed by atoms with Crippen LogP contribution in [0, 0.1) is 0 Å². The topological polar surface area (TPSA) is 87.1 Å². The number of anilines is 1. The number of amidine groups is 1. The van der Waals surface area contributed by atoms with Gasteiger partial charge >= 0.3 is 0 Å². The van der Waals surface area contributed by atoms with Gasteiger partial charge in [0.05, 0.1) is 29.3 Å². The van der Waals surface area contributed by atoms with E-state index in [1.165, 1.54) is 23.6 Å². The van der Waals surface area contributed by atoms with Crippen LogP contribution in [0.15, 0.2) is 29.3 Å². The summed E-state index contributed by atoms with van der Waals surface area (Å²) in [5, 5.41) is 0.630. The second-order valence-corrected chi connectivity index (χ2v) is 9.77. The molecule has 2 aliphatic rings. The van der Waals surface area contributed by atoms with Crippen LogP contribution >= 0.6 is 11.8 Å². The number of benzene rings is 1. The molecule has 1 amide bonds. The maximum absolute atomic E-state index is 12.0. The molecule has 26 heavy (non-hydrogen) atoms. The molecule has 2 atom stereocenters. The summed E-state index contributed by atoms with van der Waals surface area (Å²) in [6.45, 7) is 1.49. The molecule has 7 nitrogen and oxygen atoms in total. The Morgan fingerprint density at radius 1 is 1.31 bits per heavy atom. The number of Topliss-reactive ketones (excluding diaryl/α,β-unsaturated/α-hetero) is 1. The summed E-state index contributed by atoms with van der Waals surface area (Å²) >= 11 is 1.30. The molecule has 1 aromatic carbocycles. The monoisotopic (exact) mass is 395 g/mol. The lowest BCUT2D eigenvalue weighted by Crippen LogP contribution is -2.39. The number of sulfone groups is 1. The molecule has 1 fully saturated rings. The van der Waals surface area contributed by atoms with Gasteiger partial charge in [0.1, 0.15) is 0 Å². The Kier molecular flexibility index (Phi) is 5.12. The summed E-state index contributed by atoms with van der Waals surface area (Å²) in [5.74, 6) is 0.167. The van der Waals surface area contributed by atoms with Gasteiger partial charge in [-0.1, -0.05) is 23.9 Å². The van der Waals surface area contributed by atoms with E-state index in [9.17, 15) is 18.0 Å². The lowest BCUT2D eigenvalue weighted by molar-refractivity contribution is -0.125. The minimum atomic E-state index is -3.14. The standard InChI is InChI=1S/C17H21N3O4S2/c1-11(21)12-5-4-6-13(7-12)20-15-10-26(23,24)9-14(15)18-17(20)25-8-16(22)19(2)3/h4-7,14-15H,8-10H2,1-3H3/t14-,15-/m1/s1. The van der Waals surface area contributed by atoms with E-state index in [2.05, 4.69) is 4.99 Å². The Balaban J connectivity index is 1.92. The van der Waals surface area contributed by atoms with E-state index in [0.717, 1.165) is 5.69 Å². The van der Waals surface area contributed by atoms with Crippen LogP contribution in [0.2, 0.25) is 0 Å². The van der Waals surface area contributed by atoms with E-state index in [1.54, 1.807) is 32.3 Å². The van der Waals surface area contributed by atoms with Crippen LogP contribution in [-0.4, -0.2) is 73.6 Å². The van der Waals surface area contributed by atoms with Crippen molar-refractivity contribution in [1.82, 2.24) is 4.90 Å². The number of nitrogens with zero attached hydrogens (tertiary/aromatic N) is 3. The first-order valence-corrected chi connectivity index (χ1v) is 11.0. The Bertz CT molecular complexity index is 880. The predicted octanol–water partition coefficient (Wildman–Crippen LogP) is 1.05. The van der Waals surface area contributed by atoms with Crippen molar-refractivity contribution < 1.29 is 18.0 Å². The predicted molar refractivity (Wildman–Crippen MR) is 104 cm³/mol. The van der Waals surface area contributed by atoms with Crippen molar-refractivity contribution in [2.45, 2.75) is 19.0 Å². The third-order valence-corrected chi connectivity index (χ3v) is 7.11. The molecule has 9 heteroatoms. The number of fused-ring (bicyclic) bond motifs is 1. The van der Waals surface area contributed by atoms with Crippen molar-refractivity contribution in [2.24, 2.45) is 4.99 Å². The fourth-order valence-electron chi connectivity index (χ4n) is 3.07. The van der Waals surface area contributed by atoms with Crippen molar-refractivity contribution in [3.05, 3.63) is 29.8 Å². The van der Waals surface area contributed by atoms with Crippen molar-refractivity contribution >= 4 is 44.1 Å². The Morgan fingerprint density at radius 3 is 2.69 bits per heavy atom. The quantitative estimate of drug-likeness (QED) is 0.709. The lowest BCUT2D eigenvalue weighted by atomic mass is 10.1. The first kappa shape index (κ1) is 18.9. The number of aliphatic imine (C=N–C) groups is 1. The van der Waals surface area contributed by atoms with Gasteiger partial charge < -0.3 is 9.80 Å². The summed E-state index contributed by atoms with van der Waals surface area (Å²) in [7, 11) is 0.237. The fraction of sp³-hybridized carbons (Fsp3) is 0.471. The van der Waals surface area contributed by atoms with Crippen LogP contribution in [-0.2, 0) is 14.6 Å². The summed E-state index contributed by atoms with van der Waals surface area (Å²) in [6.07, 6.45) is 0. The van der Waals surface area contributed by atoms with Gasteiger partial charge in [-0.2, -0.15) is 0 Å². The molecule has 1 aromatic rings. The molecule has 0 N–H and O–H groups in total. The molecule has 0 radical (unpaired) electrons. The highest BCUT2D eigenvalue weighted by Gasteiger charge is 2.47. The summed E-state index contributed by atoms with van der Waals surface area (Å²) < 4.78 is 24.1. The van der Waals surface area contributed by atoms with E-state index >= 15 is 0 Å². The Hall–Kier alpha value is -1.87. The van der Waals surface area contributed by atoms with E-state index in [0.29, 0.717) is 10.7 Å². The van der Waals surface area contributed by atoms with Gasteiger partial charge in [-0.3, -0.25) is 14.6 Å². The van der Waals surface area contributed by atoms with Gasteiger partial charge in [0.2, 0.25) is 5.91 Å². The second-order valence-electron chi connectivity index (χ2n) is 6.68. The first-order valence-electron chi connectivity index (χ1n) is 8.19. The van der Waals surface area contributed by atoms with Crippen molar-refractivity contribution in [1.29, 1.82) is 0 Å². The third kappa shape index (κ3) is 3.78. The number of carbonyl (C=O) groups excluding carboxylic acids is 2. The average Bonchev–Trinajstić information content (AvgIpc) is 3.03. The lowest BCUT2D eigenvalue weighted by Gasteiger charge is -2.27. The van der Waals surface area contributed by atoms with E-state index in [4.69, 9.17) is 0 Å². The Labute approximate surface area is 157 Å². The molecular weight excluding hydrogens is 374 g/mol. The number of hydrogen-bond donors (Lipinski definition) is 0. The highest BCUT2D eigenvalue weighted by atomic mass is 32.2. The van der Waals surface area contributed by atoms with Crippen LogP contribution in [0.4, 0.5) is 5.69 Å². The van der Waals surface area contributed by atoms with Crippen LogP contribution < -0.4 is 4.90 Å². The second kappa shape index (κ2) is 7.03. The SMILES string of the molecule is CC(=O)c1cccc(N2C(SCC(=O)N(C)C)=N[C@@H]3CS(=O)(=O)C[C@H]32)c1. The molecule has 0 unspecified atom stereocenters. The number of ketones is 1. The maximum atomic E-state index is 12.0. The van der Waals surface area contributed by atoms with Crippen molar-refractivity contribution in [3.8, 4) is 0 Å². The average molecular weight is 396 g/mol. The van der Waals surface area contributed by atoms with Crippen LogP contribution in [0.1, 0.15) is 17.3 Å². The number of thioether (sulfide) groups is 1. The van der Waals surface area contributed by atoms with Gasteiger partial charge in [0.15, 0.2) is 20.8 Å². The Morgan fingerprint density at radius 2 is 2.04 bits per heavy atom. The highest BCUT2D eigenvalue weighted by Crippen LogP contribution is 2.35. The highest BCUT2D eigenvalue weighted by molar-refractivity contribution is 8.14. The smallest absolute Gasteiger partial charge is 0.232 e. The largest absolute Gasteiger partial charge is 0.348 e. The van der Waals surface area contributed by atoms with E-state index in [-0.39, 0.29) is 41.0 Å². The van der Waals surface area contributed by atoms with Gasteiger partial charge in [-0.25, -0.2) is 8.42 Å². The molecule has 0 bridgehead atoms. The number of hydrogen-bond acceptors (Lipinski definition) is 7. The fourth-order valence-corrected chi connectivity index (χ4v) is 6.01. The summed E-state index contributed by atoms with van der Waals surface area (Å²) in [4.78, 5) is 31.6. The van der Waals surface area contributed by atoms with Crippen LogP contribution in [0.25, 0.3) is 0 Å². The van der Waals surface area contributed by atoms with Gasteiger partial charge in [-0.15, -0.1) is 0 Å². The number of amides is 1. The molecule has 0 aromatic heterocycles. The molecule has 2 heterocycles. The summed E-state index contributed by atoms with van der Waals surface area (Å²) in [5.41, 5.74) is 1.28. The first-order chi connectivity index (χ1) is 12.2. The third-order valence-electron chi connectivity index (χ3n) is 4.46. The van der Waals surface area contributed by atoms with Crippen molar-refractivity contribution in [3.63, 3.8) is 0 Å². The molecule has 140 valence electrons. The van der Waals surface area contributed by atoms with Gasteiger partial charge in [0, 0.05) is 25.3 Å². The van der Waals surface area contributed by atoms with Crippen molar-refractivity contribution in [2.75, 3.05) is 36.3 Å².